The molecule has 0 aromatic heterocycles. The molecule has 0 saturated carbocycles. The van der Waals surface area contributed by atoms with Gasteiger partial charge in [-0.3, -0.25) is 0 Å². The average Bonchev–Trinajstić information content (AvgIpc) is 3.96. The van der Waals surface area contributed by atoms with Gasteiger partial charge in [-0.1, -0.05) is 84.9 Å². The molecule has 0 atom stereocenters. The summed E-state index contributed by atoms with van der Waals surface area (Å²) in [5.74, 6) is 0. The van der Waals surface area contributed by atoms with E-state index in [0.29, 0.717) is 11.4 Å². The summed E-state index contributed by atoms with van der Waals surface area (Å²) < 4.78 is 0. The molecule has 5 aliphatic rings. The third kappa shape index (κ3) is 5.25. The van der Waals surface area contributed by atoms with Crippen molar-refractivity contribution < 1.29 is 0 Å². The number of nitrogen functional groups attached to an aromatic ring is 2. The van der Waals surface area contributed by atoms with Crippen molar-refractivity contribution in [2.75, 3.05) is 11.5 Å². The van der Waals surface area contributed by atoms with E-state index in [0.717, 1.165) is 90.2 Å². The lowest BCUT2D eigenvalue weighted by molar-refractivity contribution is 1.41. The topological polar surface area (TPSA) is 101 Å². The molecule has 4 aromatic rings. The van der Waals surface area contributed by atoms with E-state index in [1.807, 2.05) is 85.0 Å². The highest BCUT2D eigenvalue weighted by Gasteiger charge is 2.32. The summed E-state index contributed by atoms with van der Waals surface area (Å²) in [5.41, 5.74) is 28.2. The van der Waals surface area contributed by atoms with E-state index in [2.05, 4.69) is 72.8 Å². The molecule has 8 bridgehead atoms. The zero-order chi connectivity index (χ0) is 33.6. The van der Waals surface area contributed by atoms with Gasteiger partial charge >= 0.3 is 0 Å². The Kier molecular flexibility index (Phi) is 6.99. The molecule has 4 aromatic carbocycles. The molecule has 0 unspecified atom stereocenters. The van der Waals surface area contributed by atoms with Crippen LogP contribution in [0.3, 0.4) is 0 Å². The molecule has 0 spiro atoms. The van der Waals surface area contributed by atoms with Crippen LogP contribution in [0.2, 0.25) is 0 Å². The molecular formula is C44H30N6. The van der Waals surface area contributed by atoms with Crippen molar-refractivity contribution in [3.8, 4) is 0 Å². The Morgan fingerprint density at radius 1 is 0.380 bits per heavy atom. The van der Waals surface area contributed by atoms with Gasteiger partial charge in [-0.25, -0.2) is 20.0 Å². The standard InChI is InChI=1S/C44H30N6/c45-31-15-11-29(12-16-31)41-39-26-35-21-23-37(49-35)40(27-7-3-1-4-8-27)36-22-19-33(47-36)25-34-20-24-38(48-34)42(28-9-5-2-6-10-28)44(50-39)43(41)30-13-17-32(46)18-14-30/h1-26H,45-46H2. The maximum Gasteiger partial charge on any atom is 0.0822 e. The monoisotopic (exact) mass is 642 g/mol. The lowest BCUT2D eigenvalue weighted by Crippen LogP contribution is -2.06. The first-order valence-electron chi connectivity index (χ1n) is 16.5. The molecule has 0 aliphatic carbocycles. The summed E-state index contributed by atoms with van der Waals surface area (Å²) in [5, 5.41) is 0. The molecule has 6 heteroatoms. The summed E-state index contributed by atoms with van der Waals surface area (Å²) in [6.07, 6.45) is 16.4. The van der Waals surface area contributed by atoms with E-state index in [4.69, 9.17) is 31.4 Å². The van der Waals surface area contributed by atoms with Gasteiger partial charge in [-0.15, -0.1) is 0 Å². The first-order chi connectivity index (χ1) is 24.6. The predicted octanol–water partition coefficient (Wildman–Crippen LogP) is 8.85. The highest BCUT2D eigenvalue weighted by molar-refractivity contribution is 6.52. The minimum atomic E-state index is 0.689. The van der Waals surface area contributed by atoms with Crippen LogP contribution in [0, 0.1) is 0 Å². The van der Waals surface area contributed by atoms with Crippen molar-refractivity contribution >= 4 is 56.5 Å². The van der Waals surface area contributed by atoms with Gasteiger partial charge in [0.15, 0.2) is 0 Å². The Morgan fingerprint density at radius 3 is 1.52 bits per heavy atom. The van der Waals surface area contributed by atoms with Crippen LogP contribution in [0.4, 0.5) is 11.4 Å². The number of nitrogens with two attached hydrogens (primary N) is 2. The van der Waals surface area contributed by atoms with Crippen LogP contribution in [0.1, 0.15) is 22.3 Å². The summed E-state index contributed by atoms with van der Waals surface area (Å²) in [4.78, 5) is 20.9. The van der Waals surface area contributed by atoms with E-state index in [1.165, 1.54) is 0 Å². The number of rotatable bonds is 4. The molecule has 6 nitrogen and oxygen atoms in total. The number of nitrogens with zero attached hydrogens (tertiary/aromatic N) is 4. The maximum absolute atomic E-state index is 6.21. The largest absolute Gasteiger partial charge is 0.399 e. The molecule has 0 amide bonds. The molecule has 50 heavy (non-hydrogen) atoms. The van der Waals surface area contributed by atoms with Crippen molar-refractivity contribution in [1.82, 2.24) is 0 Å². The van der Waals surface area contributed by atoms with E-state index in [-0.39, 0.29) is 0 Å². The van der Waals surface area contributed by atoms with Crippen LogP contribution >= 0.6 is 0 Å². The van der Waals surface area contributed by atoms with Crippen molar-refractivity contribution in [2.24, 2.45) is 20.0 Å². The maximum atomic E-state index is 6.21. The molecule has 0 saturated heterocycles. The molecule has 0 radical (unpaired) electrons. The van der Waals surface area contributed by atoms with Crippen molar-refractivity contribution in [3.05, 3.63) is 203 Å². The number of fused-ring (bicyclic) bond motifs is 4. The molecule has 9 rings (SSSR count). The molecule has 4 N–H and O–H groups in total. The summed E-state index contributed by atoms with van der Waals surface area (Å²) >= 11 is 0. The van der Waals surface area contributed by atoms with Crippen LogP contribution < -0.4 is 11.5 Å². The Balaban J connectivity index is 1.38. The minimum Gasteiger partial charge on any atom is -0.399 e. The van der Waals surface area contributed by atoms with Crippen LogP contribution in [0.25, 0.3) is 22.3 Å². The van der Waals surface area contributed by atoms with Crippen molar-refractivity contribution in [3.63, 3.8) is 0 Å². The van der Waals surface area contributed by atoms with E-state index in [1.54, 1.807) is 0 Å². The van der Waals surface area contributed by atoms with Gasteiger partial charge in [0.2, 0.25) is 0 Å². The number of anilines is 2. The third-order valence-electron chi connectivity index (χ3n) is 9.07. The fraction of sp³-hybridized carbons (Fsp3) is 0. The minimum absolute atomic E-state index is 0.689. The van der Waals surface area contributed by atoms with Crippen molar-refractivity contribution in [2.45, 2.75) is 0 Å². The van der Waals surface area contributed by atoms with Crippen LogP contribution in [-0.4, -0.2) is 22.8 Å². The summed E-state index contributed by atoms with van der Waals surface area (Å²) in [7, 11) is 0. The van der Waals surface area contributed by atoms with Crippen LogP contribution in [-0.2, 0) is 0 Å². The lowest BCUT2D eigenvalue weighted by Gasteiger charge is -2.16. The Hall–Kier alpha value is -6.92. The number of hydrogen-bond donors (Lipinski definition) is 2. The number of aliphatic imine (C=N–C) groups is 4. The van der Waals surface area contributed by atoms with Gasteiger partial charge in [0, 0.05) is 33.7 Å². The fourth-order valence-corrected chi connectivity index (χ4v) is 6.76. The van der Waals surface area contributed by atoms with Gasteiger partial charge in [0.05, 0.1) is 45.6 Å². The highest BCUT2D eigenvalue weighted by atomic mass is 14.9. The van der Waals surface area contributed by atoms with E-state index < -0.39 is 0 Å². The zero-order valence-electron chi connectivity index (χ0n) is 27.0. The van der Waals surface area contributed by atoms with E-state index >= 15 is 0 Å². The molecular weight excluding hydrogens is 613 g/mol. The number of hydrogen-bond acceptors (Lipinski definition) is 6. The van der Waals surface area contributed by atoms with Gasteiger partial charge in [0.25, 0.3) is 0 Å². The average molecular weight is 643 g/mol. The fourth-order valence-electron chi connectivity index (χ4n) is 6.76. The SMILES string of the molecule is Nc1ccc(C2=C(c3ccc(N)cc3)C3=NC2=CC2=NC(=C(c4ccccc4)C4=NC(=CC5=NC(=C3c3ccccc3)C=C5)C=C4)C=C2)cc1. The third-order valence-corrected chi connectivity index (χ3v) is 9.07. The second-order valence-electron chi connectivity index (χ2n) is 12.4. The molecule has 0 fully saturated rings. The molecule has 236 valence electrons. The molecule has 5 heterocycles. The van der Waals surface area contributed by atoms with Crippen LogP contribution in [0.5, 0.6) is 0 Å². The van der Waals surface area contributed by atoms with Crippen LogP contribution in [0.15, 0.2) is 201 Å². The highest BCUT2D eigenvalue weighted by Crippen LogP contribution is 2.45. The Morgan fingerprint density at radius 2 is 0.900 bits per heavy atom. The smallest absolute Gasteiger partial charge is 0.0822 e. The number of benzene rings is 4. The Bertz CT molecular complexity index is 2470. The first-order valence-corrected chi connectivity index (χ1v) is 16.5. The lowest BCUT2D eigenvalue weighted by atomic mass is 9.86. The molecule has 5 aliphatic heterocycles. The quantitative estimate of drug-likeness (QED) is 0.217. The van der Waals surface area contributed by atoms with Gasteiger partial charge in [-0.2, -0.15) is 0 Å². The van der Waals surface area contributed by atoms with Gasteiger partial charge < -0.3 is 11.5 Å². The predicted molar refractivity (Wildman–Crippen MR) is 209 cm³/mol. The van der Waals surface area contributed by atoms with Gasteiger partial charge in [0.1, 0.15) is 0 Å². The van der Waals surface area contributed by atoms with E-state index in [9.17, 15) is 0 Å². The Labute approximate surface area is 290 Å². The zero-order valence-corrected chi connectivity index (χ0v) is 27.0. The second kappa shape index (κ2) is 12.0. The number of allylic oxidation sites excluding steroid dienone is 12. The normalized spacial score (nSPS) is 17.6. The second-order valence-corrected chi connectivity index (χ2v) is 12.4. The first kappa shape index (κ1) is 29.2. The van der Waals surface area contributed by atoms with Gasteiger partial charge in [-0.05, 0) is 95.1 Å². The van der Waals surface area contributed by atoms with Crippen molar-refractivity contribution in [1.29, 1.82) is 0 Å². The summed E-state index contributed by atoms with van der Waals surface area (Å²) in [6, 6.07) is 36.5. The summed E-state index contributed by atoms with van der Waals surface area (Å²) in [6.45, 7) is 0.